The third-order valence-electron chi connectivity index (χ3n) is 4.28. The highest BCUT2D eigenvalue weighted by molar-refractivity contribution is 5.80. The molecule has 0 amide bonds. The molecule has 5 heteroatoms. The predicted octanol–water partition coefficient (Wildman–Crippen LogP) is 4.11. The van der Waals surface area contributed by atoms with Gasteiger partial charge in [-0.1, -0.05) is 6.07 Å². The lowest BCUT2D eigenvalue weighted by molar-refractivity contribution is -0.201. The first-order chi connectivity index (χ1) is 9.38. The number of aliphatic hydroxyl groups is 1. The number of halogens is 3. The van der Waals surface area contributed by atoms with Crippen LogP contribution in [0.3, 0.4) is 0 Å². The topological polar surface area (TPSA) is 36.0 Å². The van der Waals surface area contributed by atoms with E-state index >= 15 is 0 Å². The number of benzene rings is 1. The fraction of sp³-hybridized carbons (Fsp3) is 0.467. The first-order valence-electron chi connectivity index (χ1n) is 6.75. The third kappa shape index (κ3) is 2.30. The Bertz CT molecular complexity index is 619. The van der Waals surface area contributed by atoms with Gasteiger partial charge in [-0.25, -0.2) is 0 Å². The van der Waals surface area contributed by atoms with Crippen LogP contribution in [0.2, 0.25) is 0 Å². The summed E-state index contributed by atoms with van der Waals surface area (Å²) in [4.78, 5) is 3.03. The van der Waals surface area contributed by atoms with E-state index in [4.69, 9.17) is 0 Å². The smallest absolute Gasteiger partial charge is 0.385 e. The Morgan fingerprint density at radius 1 is 1.25 bits per heavy atom. The van der Waals surface area contributed by atoms with Crippen LogP contribution in [0.1, 0.15) is 31.2 Å². The summed E-state index contributed by atoms with van der Waals surface area (Å²) in [7, 11) is 0. The molecule has 2 nitrogen and oxygen atoms in total. The van der Waals surface area contributed by atoms with Crippen LogP contribution in [-0.4, -0.2) is 16.3 Å². The molecule has 2 atom stereocenters. The van der Waals surface area contributed by atoms with Crippen LogP contribution in [0.4, 0.5) is 13.2 Å². The van der Waals surface area contributed by atoms with Crippen molar-refractivity contribution in [2.75, 3.05) is 0 Å². The normalized spacial score (nSPS) is 27.9. The second kappa shape index (κ2) is 4.52. The van der Waals surface area contributed by atoms with Crippen LogP contribution in [0.25, 0.3) is 10.9 Å². The second-order valence-electron chi connectivity index (χ2n) is 5.65. The molecule has 2 N–H and O–H groups in total. The molecule has 0 bridgehead atoms. The van der Waals surface area contributed by atoms with Gasteiger partial charge in [0, 0.05) is 11.7 Å². The Morgan fingerprint density at radius 3 is 2.80 bits per heavy atom. The molecule has 1 fully saturated rings. The van der Waals surface area contributed by atoms with Crippen molar-refractivity contribution >= 4 is 10.9 Å². The van der Waals surface area contributed by atoms with Gasteiger partial charge in [-0.3, -0.25) is 0 Å². The Kier molecular flexibility index (Phi) is 3.05. The first-order valence-corrected chi connectivity index (χ1v) is 6.75. The SMILES string of the molecule is OC1(c2ccc3[nH]ccc3c2)CCCC(C(F)(F)F)C1. The maximum absolute atomic E-state index is 12.9. The van der Waals surface area contributed by atoms with Gasteiger partial charge in [0.15, 0.2) is 0 Å². The molecule has 1 aromatic carbocycles. The van der Waals surface area contributed by atoms with E-state index in [9.17, 15) is 18.3 Å². The Balaban J connectivity index is 1.94. The van der Waals surface area contributed by atoms with Gasteiger partial charge in [0.05, 0.1) is 11.5 Å². The molecule has 2 aromatic rings. The van der Waals surface area contributed by atoms with Crippen LogP contribution in [0.5, 0.6) is 0 Å². The number of alkyl halides is 3. The molecule has 0 saturated heterocycles. The number of aromatic nitrogens is 1. The van der Waals surface area contributed by atoms with E-state index < -0.39 is 17.7 Å². The van der Waals surface area contributed by atoms with Gasteiger partial charge in [-0.15, -0.1) is 0 Å². The molecular weight excluding hydrogens is 267 g/mol. The highest BCUT2D eigenvalue weighted by Crippen LogP contribution is 2.46. The maximum Gasteiger partial charge on any atom is 0.391 e. The van der Waals surface area contributed by atoms with Gasteiger partial charge in [0.25, 0.3) is 0 Å². The summed E-state index contributed by atoms with van der Waals surface area (Å²) >= 11 is 0. The van der Waals surface area contributed by atoms with Crippen LogP contribution >= 0.6 is 0 Å². The van der Waals surface area contributed by atoms with Gasteiger partial charge in [0.1, 0.15) is 0 Å². The number of hydrogen-bond donors (Lipinski definition) is 2. The minimum atomic E-state index is -4.23. The molecule has 3 rings (SSSR count). The van der Waals surface area contributed by atoms with Crippen molar-refractivity contribution in [1.82, 2.24) is 4.98 Å². The molecule has 1 aromatic heterocycles. The fourth-order valence-corrected chi connectivity index (χ4v) is 3.14. The zero-order valence-electron chi connectivity index (χ0n) is 10.9. The summed E-state index contributed by atoms with van der Waals surface area (Å²) in [6.45, 7) is 0. The molecule has 20 heavy (non-hydrogen) atoms. The van der Waals surface area contributed by atoms with Crippen molar-refractivity contribution in [3.8, 4) is 0 Å². The van der Waals surface area contributed by atoms with Gasteiger partial charge < -0.3 is 10.1 Å². The molecule has 1 saturated carbocycles. The monoisotopic (exact) mass is 283 g/mol. The predicted molar refractivity (Wildman–Crippen MR) is 70.2 cm³/mol. The van der Waals surface area contributed by atoms with Crippen molar-refractivity contribution in [2.45, 2.75) is 37.5 Å². The number of rotatable bonds is 1. The molecule has 0 radical (unpaired) electrons. The van der Waals surface area contributed by atoms with E-state index in [0.717, 1.165) is 10.9 Å². The zero-order chi connectivity index (χ0) is 14.4. The van der Waals surface area contributed by atoms with Crippen molar-refractivity contribution in [3.63, 3.8) is 0 Å². The molecule has 108 valence electrons. The summed E-state index contributed by atoms with van der Waals surface area (Å²) in [5, 5.41) is 11.6. The number of aromatic amines is 1. The molecular formula is C15H16F3NO. The fourth-order valence-electron chi connectivity index (χ4n) is 3.14. The Hall–Kier alpha value is -1.49. The van der Waals surface area contributed by atoms with E-state index in [1.54, 1.807) is 24.4 Å². The summed E-state index contributed by atoms with van der Waals surface area (Å²) < 4.78 is 38.7. The first kappa shape index (κ1) is 13.5. The largest absolute Gasteiger partial charge is 0.391 e. The number of fused-ring (bicyclic) bond motifs is 1. The second-order valence-corrected chi connectivity index (χ2v) is 5.65. The van der Waals surface area contributed by atoms with Crippen LogP contribution < -0.4 is 0 Å². The van der Waals surface area contributed by atoms with Crippen molar-refractivity contribution in [3.05, 3.63) is 36.0 Å². The van der Waals surface area contributed by atoms with E-state index in [-0.39, 0.29) is 12.8 Å². The average molecular weight is 283 g/mol. The molecule has 1 heterocycles. The van der Waals surface area contributed by atoms with Gasteiger partial charge >= 0.3 is 6.18 Å². The lowest BCUT2D eigenvalue weighted by Gasteiger charge is -2.38. The Morgan fingerprint density at radius 2 is 2.05 bits per heavy atom. The molecule has 2 unspecified atom stereocenters. The molecule has 1 aliphatic rings. The molecule has 0 spiro atoms. The highest BCUT2D eigenvalue weighted by Gasteiger charge is 2.47. The highest BCUT2D eigenvalue weighted by atomic mass is 19.4. The minimum Gasteiger partial charge on any atom is -0.385 e. The van der Waals surface area contributed by atoms with E-state index in [1.807, 2.05) is 6.07 Å². The standard InChI is InChI=1S/C15H16F3NO/c16-15(17,18)12-2-1-6-14(20,9-12)11-3-4-13-10(8-11)5-7-19-13/h3-5,7-8,12,19-20H,1-2,6,9H2. The van der Waals surface area contributed by atoms with Gasteiger partial charge in [-0.05, 0) is 54.8 Å². The van der Waals surface area contributed by atoms with Gasteiger partial charge in [-0.2, -0.15) is 13.2 Å². The average Bonchev–Trinajstić information content (AvgIpc) is 2.85. The maximum atomic E-state index is 12.9. The number of H-pyrrole nitrogens is 1. The Labute approximate surface area is 114 Å². The van der Waals surface area contributed by atoms with E-state index in [1.165, 1.54) is 0 Å². The van der Waals surface area contributed by atoms with Crippen LogP contribution in [-0.2, 0) is 5.60 Å². The summed E-state index contributed by atoms with van der Waals surface area (Å²) in [5.41, 5.74) is 0.128. The molecule has 1 aliphatic carbocycles. The number of hydrogen-bond acceptors (Lipinski definition) is 1. The van der Waals surface area contributed by atoms with E-state index in [2.05, 4.69) is 4.98 Å². The van der Waals surface area contributed by atoms with Crippen LogP contribution in [0.15, 0.2) is 30.5 Å². The van der Waals surface area contributed by atoms with Crippen molar-refractivity contribution in [1.29, 1.82) is 0 Å². The summed E-state index contributed by atoms with van der Waals surface area (Å²) in [5.74, 6) is -1.41. The number of nitrogens with one attached hydrogen (secondary N) is 1. The third-order valence-corrected chi connectivity index (χ3v) is 4.28. The van der Waals surface area contributed by atoms with Crippen molar-refractivity contribution in [2.24, 2.45) is 5.92 Å². The lowest BCUT2D eigenvalue weighted by atomic mass is 9.74. The van der Waals surface area contributed by atoms with Crippen LogP contribution in [0, 0.1) is 5.92 Å². The summed E-state index contributed by atoms with van der Waals surface area (Å²) in [6.07, 6.45) is -1.81. The lowest BCUT2D eigenvalue weighted by Crippen LogP contribution is -2.38. The quantitative estimate of drug-likeness (QED) is 0.812. The zero-order valence-corrected chi connectivity index (χ0v) is 10.9. The van der Waals surface area contributed by atoms with Gasteiger partial charge in [0.2, 0.25) is 0 Å². The van der Waals surface area contributed by atoms with Crippen molar-refractivity contribution < 1.29 is 18.3 Å². The summed E-state index contributed by atoms with van der Waals surface area (Å²) in [6, 6.07) is 7.16. The minimum absolute atomic E-state index is 0.109. The van der Waals surface area contributed by atoms with E-state index in [0.29, 0.717) is 18.4 Å². The molecule has 0 aliphatic heterocycles.